The van der Waals surface area contributed by atoms with Crippen molar-refractivity contribution < 1.29 is 19.0 Å². The third kappa shape index (κ3) is 6.97. The Bertz CT molecular complexity index is 1200. The maximum absolute atomic E-state index is 12.7. The molecule has 2 aromatic carbocycles. The number of likely N-dealkylation sites (tertiary alicyclic amines) is 1. The van der Waals surface area contributed by atoms with Crippen molar-refractivity contribution in [2.45, 2.75) is 20.3 Å². The van der Waals surface area contributed by atoms with Crippen molar-refractivity contribution in [3.63, 3.8) is 0 Å². The maximum atomic E-state index is 12.7. The van der Waals surface area contributed by atoms with Crippen molar-refractivity contribution in [3.8, 4) is 17.4 Å². The average molecular weight is 489 g/mol. The number of carbonyl (C=O) groups is 1. The highest BCUT2D eigenvalue weighted by Crippen LogP contribution is 2.26. The minimum atomic E-state index is -0.177. The number of hydrogen-bond donors (Lipinski definition) is 1. The number of methoxy groups -OCH3 is 1. The highest BCUT2D eigenvalue weighted by Gasteiger charge is 2.24. The number of ether oxygens (including phenoxy) is 3. The van der Waals surface area contributed by atoms with Crippen LogP contribution in [0.3, 0.4) is 0 Å². The van der Waals surface area contributed by atoms with Gasteiger partial charge in [0.25, 0.3) is 0 Å². The van der Waals surface area contributed by atoms with Crippen LogP contribution in [0.1, 0.15) is 24.5 Å². The van der Waals surface area contributed by atoms with Crippen LogP contribution in [0.25, 0.3) is 6.08 Å². The van der Waals surface area contributed by atoms with Gasteiger partial charge in [-0.2, -0.15) is 0 Å². The summed E-state index contributed by atoms with van der Waals surface area (Å²) in [4.78, 5) is 22.7. The number of piperidine rings is 1. The van der Waals surface area contributed by atoms with E-state index < -0.39 is 0 Å². The Kier molecular flexibility index (Phi) is 8.39. The van der Waals surface area contributed by atoms with E-state index >= 15 is 0 Å². The molecule has 1 saturated heterocycles. The summed E-state index contributed by atoms with van der Waals surface area (Å²) in [5.74, 6) is 2.69. The molecule has 1 aliphatic heterocycles. The molecule has 1 unspecified atom stereocenters. The van der Waals surface area contributed by atoms with Crippen LogP contribution in [0, 0.1) is 12.8 Å². The number of benzene rings is 2. The smallest absolute Gasteiger partial charge is 0.323 e. The largest absolute Gasteiger partial charge is 0.490 e. The third-order valence-corrected chi connectivity index (χ3v) is 5.98. The second-order valence-electron chi connectivity index (χ2n) is 8.78. The number of anilines is 1. The lowest BCUT2D eigenvalue weighted by atomic mass is 9.91. The number of rotatable bonds is 8. The van der Waals surface area contributed by atoms with Gasteiger partial charge in [-0.15, -0.1) is 0 Å². The maximum Gasteiger partial charge on any atom is 0.323 e. The summed E-state index contributed by atoms with van der Waals surface area (Å²) in [5, 5.41) is 2.80. The number of carbonyl (C=O) groups excluding carboxylic acids is 1. The monoisotopic (exact) mass is 488 g/mol. The minimum absolute atomic E-state index is 0.177. The Balaban J connectivity index is 1.27. The average Bonchev–Trinajstić information content (AvgIpc) is 2.88. The predicted octanol–water partition coefficient (Wildman–Crippen LogP) is 5.21. The van der Waals surface area contributed by atoms with E-state index in [1.807, 2.05) is 54.3 Å². The molecule has 1 N–H and O–H groups in total. The third-order valence-electron chi connectivity index (χ3n) is 5.98. The number of hydrogen-bond acceptors (Lipinski definition) is 6. The standard InChI is InChI=1S/C28H32N4O4/c1-20-6-4-8-24(14-20)35-12-13-36-25-9-5-7-22(16-25)15-23-10-11-32(19-21(23)2)28(33)31-26-17-30-27(34-3)18-29-26/h4-9,14-18,21H,10-13,19H2,1-3H3,(H,29,31,33). The minimum Gasteiger partial charge on any atom is -0.490 e. The van der Waals surface area contributed by atoms with Crippen molar-refractivity contribution >= 4 is 17.9 Å². The highest BCUT2D eigenvalue weighted by atomic mass is 16.5. The summed E-state index contributed by atoms with van der Waals surface area (Å²) in [6, 6.07) is 15.9. The van der Waals surface area contributed by atoms with E-state index in [0.29, 0.717) is 38.0 Å². The van der Waals surface area contributed by atoms with E-state index in [9.17, 15) is 4.79 Å². The Morgan fingerprint density at radius 1 is 1.08 bits per heavy atom. The molecule has 8 heteroatoms. The number of aryl methyl sites for hydroxylation is 1. The van der Waals surface area contributed by atoms with E-state index in [-0.39, 0.29) is 11.9 Å². The molecule has 0 bridgehead atoms. The zero-order valence-corrected chi connectivity index (χ0v) is 20.9. The molecular formula is C28H32N4O4. The first kappa shape index (κ1) is 25.0. The molecule has 1 atom stereocenters. The quantitative estimate of drug-likeness (QED) is 0.438. The molecule has 1 fully saturated rings. The molecule has 0 radical (unpaired) electrons. The van der Waals surface area contributed by atoms with Gasteiger partial charge in [0, 0.05) is 13.1 Å². The van der Waals surface area contributed by atoms with Crippen LogP contribution in [0.15, 0.2) is 66.5 Å². The predicted molar refractivity (Wildman–Crippen MR) is 140 cm³/mol. The van der Waals surface area contributed by atoms with Gasteiger partial charge < -0.3 is 19.1 Å². The Labute approximate surface area is 211 Å². The van der Waals surface area contributed by atoms with Crippen molar-refractivity contribution in [2.75, 3.05) is 38.7 Å². The van der Waals surface area contributed by atoms with Gasteiger partial charge >= 0.3 is 6.03 Å². The van der Waals surface area contributed by atoms with E-state index in [4.69, 9.17) is 14.2 Å². The van der Waals surface area contributed by atoms with Gasteiger partial charge in [0.15, 0.2) is 5.82 Å². The topological polar surface area (TPSA) is 85.8 Å². The number of aromatic nitrogens is 2. The second kappa shape index (κ2) is 12.1. The molecule has 2 amide bonds. The summed E-state index contributed by atoms with van der Waals surface area (Å²) in [5.41, 5.74) is 3.56. The number of urea groups is 1. The van der Waals surface area contributed by atoms with Crippen molar-refractivity contribution in [2.24, 2.45) is 5.92 Å². The number of amides is 2. The van der Waals surface area contributed by atoms with Crippen LogP contribution in [-0.4, -0.2) is 54.3 Å². The Morgan fingerprint density at radius 3 is 2.50 bits per heavy atom. The van der Waals surface area contributed by atoms with E-state index in [1.165, 1.54) is 30.6 Å². The van der Waals surface area contributed by atoms with Crippen LogP contribution >= 0.6 is 0 Å². The first-order valence-corrected chi connectivity index (χ1v) is 12.0. The Morgan fingerprint density at radius 2 is 1.83 bits per heavy atom. The zero-order valence-electron chi connectivity index (χ0n) is 20.9. The SMILES string of the molecule is COc1cnc(NC(=O)N2CCC(=Cc3cccc(OCCOc4cccc(C)c4)c3)C(C)C2)cn1. The molecule has 4 rings (SSSR count). The molecule has 1 aromatic heterocycles. The second-order valence-corrected chi connectivity index (χ2v) is 8.78. The van der Waals surface area contributed by atoms with Gasteiger partial charge in [-0.05, 0) is 54.7 Å². The van der Waals surface area contributed by atoms with E-state index in [2.05, 4.69) is 34.4 Å². The molecule has 188 valence electrons. The molecule has 0 aliphatic carbocycles. The van der Waals surface area contributed by atoms with Gasteiger partial charge in [-0.25, -0.2) is 14.8 Å². The molecule has 8 nitrogen and oxygen atoms in total. The lowest BCUT2D eigenvalue weighted by Gasteiger charge is -2.33. The first-order chi connectivity index (χ1) is 17.5. The fraction of sp³-hybridized carbons (Fsp3) is 0.321. The fourth-order valence-electron chi connectivity index (χ4n) is 4.06. The van der Waals surface area contributed by atoms with Crippen molar-refractivity contribution in [1.82, 2.24) is 14.9 Å². The summed E-state index contributed by atoms with van der Waals surface area (Å²) < 4.78 is 16.7. The lowest BCUT2D eigenvalue weighted by molar-refractivity contribution is 0.197. The van der Waals surface area contributed by atoms with Gasteiger partial charge in [0.1, 0.15) is 24.7 Å². The fourth-order valence-corrected chi connectivity index (χ4v) is 4.06. The van der Waals surface area contributed by atoms with Gasteiger partial charge in [-0.1, -0.05) is 42.8 Å². The van der Waals surface area contributed by atoms with E-state index in [0.717, 1.165) is 23.5 Å². The molecule has 0 saturated carbocycles. The van der Waals surface area contributed by atoms with Crippen LogP contribution in [-0.2, 0) is 0 Å². The first-order valence-electron chi connectivity index (χ1n) is 12.0. The summed E-state index contributed by atoms with van der Waals surface area (Å²) in [7, 11) is 1.52. The molecule has 1 aliphatic rings. The van der Waals surface area contributed by atoms with Crippen molar-refractivity contribution in [3.05, 3.63) is 77.6 Å². The molecule has 36 heavy (non-hydrogen) atoms. The van der Waals surface area contributed by atoms with Crippen LogP contribution in [0.5, 0.6) is 17.4 Å². The van der Waals surface area contributed by atoms with E-state index in [1.54, 1.807) is 0 Å². The van der Waals surface area contributed by atoms with Crippen LogP contribution in [0.2, 0.25) is 0 Å². The van der Waals surface area contributed by atoms with Crippen molar-refractivity contribution in [1.29, 1.82) is 0 Å². The molecule has 3 aromatic rings. The van der Waals surface area contributed by atoms with Gasteiger partial charge in [-0.3, -0.25) is 5.32 Å². The molecular weight excluding hydrogens is 456 g/mol. The van der Waals surface area contributed by atoms with Gasteiger partial charge in [0.2, 0.25) is 5.88 Å². The van der Waals surface area contributed by atoms with Crippen LogP contribution < -0.4 is 19.5 Å². The molecule has 2 heterocycles. The summed E-state index contributed by atoms with van der Waals surface area (Å²) in [6.45, 7) is 6.40. The summed E-state index contributed by atoms with van der Waals surface area (Å²) >= 11 is 0. The lowest BCUT2D eigenvalue weighted by Crippen LogP contribution is -2.42. The number of nitrogens with zero attached hydrogens (tertiary/aromatic N) is 3. The highest BCUT2D eigenvalue weighted by molar-refractivity contribution is 5.88. The normalized spacial score (nSPS) is 16.5. The number of nitrogens with one attached hydrogen (secondary N) is 1. The van der Waals surface area contributed by atoms with Crippen LogP contribution in [0.4, 0.5) is 10.6 Å². The summed E-state index contributed by atoms with van der Waals surface area (Å²) in [6.07, 6.45) is 5.97. The van der Waals surface area contributed by atoms with Gasteiger partial charge in [0.05, 0.1) is 19.5 Å². The Hall–Kier alpha value is -4.07. The zero-order chi connectivity index (χ0) is 25.3. The molecule has 0 spiro atoms.